The molecule has 0 radical (unpaired) electrons. The zero-order chi connectivity index (χ0) is 6.95. The Hall–Kier alpha value is 0.380. The van der Waals surface area contributed by atoms with Gasteiger partial charge < -0.3 is 0 Å². The van der Waals surface area contributed by atoms with E-state index in [1.807, 2.05) is 17.8 Å². The highest BCUT2D eigenvalue weighted by atomic mass is 35.5. The average molecular weight is 165 g/mol. The zero-order valence-electron chi connectivity index (χ0n) is 5.61. The van der Waals surface area contributed by atoms with Crippen molar-refractivity contribution in [3.8, 4) is 0 Å². The van der Waals surface area contributed by atoms with Crippen molar-refractivity contribution in [1.82, 2.24) is 0 Å². The Labute approximate surface area is 66.7 Å². The Morgan fingerprint density at radius 2 is 2.22 bits per heavy atom. The maximum Gasteiger partial charge on any atom is 0.0223 e. The summed E-state index contributed by atoms with van der Waals surface area (Å²) in [5, 5.41) is 0. The Kier molecular flexibility index (Phi) is 8.73. The lowest BCUT2D eigenvalue weighted by Crippen LogP contribution is -1.81. The molecule has 0 aromatic heterocycles. The van der Waals surface area contributed by atoms with Gasteiger partial charge in [-0.05, 0) is 18.6 Å². The maximum absolute atomic E-state index is 5.48. The number of thioether (sulfide) groups is 1. The van der Waals surface area contributed by atoms with Crippen LogP contribution in [-0.2, 0) is 0 Å². The van der Waals surface area contributed by atoms with Crippen LogP contribution in [0.1, 0.15) is 12.8 Å². The normalized spacial score (nSPS) is 9.44. The van der Waals surface area contributed by atoms with Crippen LogP contribution in [-0.4, -0.2) is 17.4 Å². The van der Waals surface area contributed by atoms with E-state index in [2.05, 4.69) is 6.58 Å². The van der Waals surface area contributed by atoms with Crippen molar-refractivity contribution in [3.05, 3.63) is 12.7 Å². The molecule has 9 heavy (non-hydrogen) atoms. The van der Waals surface area contributed by atoms with Crippen LogP contribution in [0, 0.1) is 0 Å². The number of halogens is 1. The molecule has 0 nitrogen and oxygen atoms in total. The summed E-state index contributed by atoms with van der Waals surface area (Å²) < 4.78 is 0. The lowest BCUT2D eigenvalue weighted by molar-refractivity contribution is 0.903. The molecule has 2 heteroatoms. The lowest BCUT2D eigenvalue weighted by atomic mass is 10.4. The van der Waals surface area contributed by atoms with Crippen LogP contribution >= 0.6 is 23.4 Å². The van der Waals surface area contributed by atoms with Crippen molar-refractivity contribution in [3.63, 3.8) is 0 Å². The van der Waals surface area contributed by atoms with E-state index in [1.54, 1.807) is 0 Å². The molecule has 0 rings (SSSR count). The number of unbranched alkanes of at least 4 members (excludes halogenated alkanes) is 1. The van der Waals surface area contributed by atoms with Crippen LogP contribution in [0.5, 0.6) is 0 Å². The molecule has 54 valence electrons. The molecular weight excluding hydrogens is 152 g/mol. The fourth-order valence-electron chi connectivity index (χ4n) is 0.465. The topological polar surface area (TPSA) is 0 Å². The highest BCUT2D eigenvalue weighted by molar-refractivity contribution is 7.99. The van der Waals surface area contributed by atoms with E-state index in [9.17, 15) is 0 Å². The largest absolute Gasteiger partial charge is 0.158 e. The first kappa shape index (κ1) is 9.38. The summed E-state index contributed by atoms with van der Waals surface area (Å²) in [6.07, 6.45) is 4.32. The van der Waals surface area contributed by atoms with Gasteiger partial charge in [-0.2, -0.15) is 11.8 Å². The summed E-state index contributed by atoms with van der Waals surface area (Å²) >= 11 is 7.40. The number of rotatable bonds is 6. The summed E-state index contributed by atoms with van der Waals surface area (Å²) in [5.74, 6) is 3.09. The average Bonchev–Trinajstić information content (AvgIpc) is 1.89. The van der Waals surface area contributed by atoms with E-state index >= 15 is 0 Å². The van der Waals surface area contributed by atoms with Crippen LogP contribution in [0.3, 0.4) is 0 Å². The molecule has 0 aromatic carbocycles. The van der Waals surface area contributed by atoms with Gasteiger partial charge in [-0.25, -0.2) is 0 Å². The molecule has 0 bridgehead atoms. The van der Waals surface area contributed by atoms with Crippen molar-refractivity contribution in [2.45, 2.75) is 12.8 Å². The Morgan fingerprint density at radius 1 is 1.44 bits per heavy atom. The second kappa shape index (κ2) is 8.38. The summed E-state index contributed by atoms with van der Waals surface area (Å²) in [5.41, 5.74) is 0. The van der Waals surface area contributed by atoms with E-state index in [4.69, 9.17) is 11.6 Å². The molecule has 0 spiro atoms. The van der Waals surface area contributed by atoms with Gasteiger partial charge in [0.25, 0.3) is 0 Å². The van der Waals surface area contributed by atoms with Gasteiger partial charge in [0.1, 0.15) is 0 Å². The molecule has 0 heterocycles. The second-order valence-corrected chi connectivity index (χ2v) is 3.29. The third-order valence-electron chi connectivity index (χ3n) is 0.908. The molecule has 0 N–H and O–H groups in total. The Morgan fingerprint density at radius 3 is 2.78 bits per heavy atom. The standard InChI is InChI=1S/C7H13ClS/c1-2-6-9-7-4-3-5-8/h2H,1,3-7H2. The van der Waals surface area contributed by atoms with Gasteiger partial charge in [0.15, 0.2) is 0 Å². The summed E-state index contributed by atoms with van der Waals surface area (Å²) in [7, 11) is 0. The lowest BCUT2D eigenvalue weighted by Gasteiger charge is -1.94. The van der Waals surface area contributed by atoms with Gasteiger partial charge in [-0.3, -0.25) is 0 Å². The minimum atomic E-state index is 0.800. The quantitative estimate of drug-likeness (QED) is 0.331. The Balaban J connectivity index is 2.66. The van der Waals surface area contributed by atoms with Crippen LogP contribution < -0.4 is 0 Å². The third-order valence-corrected chi connectivity index (χ3v) is 2.22. The summed E-state index contributed by atoms with van der Waals surface area (Å²) in [6, 6.07) is 0. The van der Waals surface area contributed by atoms with Crippen LogP contribution in [0.15, 0.2) is 12.7 Å². The smallest absolute Gasteiger partial charge is 0.0223 e. The third kappa shape index (κ3) is 8.38. The van der Waals surface area contributed by atoms with Gasteiger partial charge in [-0.15, -0.1) is 18.2 Å². The molecule has 0 amide bonds. The van der Waals surface area contributed by atoms with Gasteiger partial charge in [0.05, 0.1) is 0 Å². The number of alkyl halides is 1. The number of hydrogen-bond acceptors (Lipinski definition) is 1. The summed E-state index contributed by atoms with van der Waals surface area (Å²) in [4.78, 5) is 0. The van der Waals surface area contributed by atoms with E-state index < -0.39 is 0 Å². The maximum atomic E-state index is 5.48. The van der Waals surface area contributed by atoms with Crippen LogP contribution in [0.4, 0.5) is 0 Å². The molecule has 0 atom stereocenters. The van der Waals surface area contributed by atoms with Crippen molar-refractivity contribution < 1.29 is 0 Å². The Bertz CT molecular complexity index is 63.9. The monoisotopic (exact) mass is 164 g/mol. The first-order valence-electron chi connectivity index (χ1n) is 3.16. The SMILES string of the molecule is C=CCSCCCCCl. The molecule has 0 saturated carbocycles. The molecule has 0 saturated heterocycles. The predicted molar refractivity (Wildman–Crippen MR) is 47.5 cm³/mol. The van der Waals surface area contributed by atoms with E-state index in [0.717, 1.165) is 18.1 Å². The molecular formula is C7H13ClS. The second-order valence-electron chi connectivity index (χ2n) is 1.76. The van der Waals surface area contributed by atoms with Gasteiger partial charge in [-0.1, -0.05) is 6.08 Å². The fraction of sp³-hybridized carbons (Fsp3) is 0.714. The number of hydrogen-bond donors (Lipinski definition) is 0. The van der Waals surface area contributed by atoms with Crippen molar-refractivity contribution in [1.29, 1.82) is 0 Å². The summed E-state index contributed by atoms with van der Waals surface area (Å²) in [6.45, 7) is 3.63. The highest BCUT2D eigenvalue weighted by Gasteiger charge is 1.85. The fourth-order valence-corrected chi connectivity index (χ4v) is 1.40. The molecule has 0 fully saturated rings. The van der Waals surface area contributed by atoms with Crippen LogP contribution in [0.2, 0.25) is 0 Å². The van der Waals surface area contributed by atoms with Gasteiger partial charge in [0.2, 0.25) is 0 Å². The van der Waals surface area contributed by atoms with E-state index in [0.29, 0.717) is 0 Å². The zero-order valence-corrected chi connectivity index (χ0v) is 7.18. The highest BCUT2D eigenvalue weighted by Crippen LogP contribution is 2.04. The van der Waals surface area contributed by atoms with Gasteiger partial charge >= 0.3 is 0 Å². The molecule has 0 aliphatic heterocycles. The molecule has 0 aliphatic carbocycles. The minimum absolute atomic E-state index is 0.800. The molecule has 0 aromatic rings. The first-order chi connectivity index (χ1) is 4.41. The van der Waals surface area contributed by atoms with Gasteiger partial charge in [0, 0.05) is 11.6 Å². The molecule has 0 aliphatic rings. The predicted octanol–water partition coefficient (Wildman–Crippen LogP) is 2.92. The van der Waals surface area contributed by atoms with Crippen molar-refractivity contribution in [2.24, 2.45) is 0 Å². The first-order valence-corrected chi connectivity index (χ1v) is 4.85. The van der Waals surface area contributed by atoms with Crippen molar-refractivity contribution in [2.75, 3.05) is 17.4 Å². The van der Waals surface area contributed by atoms with Crippen LogP contribution in [0.25, 0.3) is 0 Å². The minimum Gasteiger partial charge on any atom is -0.158 e. The molecule has 0 unspecified atom stereocenters. The van der Waals surface area contributed by atoms with E-state index in [-0.39, 0.29) is 0 Å². The van der Waals surface area contributed by atoms with E-state index in [1.165, 1.54) is 12.2 Å². The van der Waals surface area contributed by atoms with Crippen molar-refractivity contribution >= 4 is 23.4 Å².